The number of hydrogen-bond acceptors (Lipinski definition) is 1. The maximum Gasteiger partial charge on any atom is 0.0185 e. The molecule has 0 bridgehead atoms. The van der Waals surface area contributed by atoms with E-state index in [1.165, 1.54) is 51.4 Å². The molecule has 76 valence electrons. The molecule has 0 aliphatic heterocycles. The first-order valence-corrected chi connectivity index (χ1v) is 5.99. The smallest absolute Gasteiger partial charge is 0.0185 e. The molecule has 2 aliphatic carbocycles. The van der Waals surface area contributed by atoms with Gasteiger partial charge in [0.15, 0.2) is 0 Å². The lowest BCUT2D eigenvalue weighted by molar-refractivity contribution is 0.205. The second-order valence-electron chi connectivity index (χ2n) is 5.42. The monoisotopic (exact) mass is 181 g/mol. The van der Waals surface area contributed by atoms with Crippen LogP contribution in [0.15, 0.2) is 0 Å². The van der Waals surface area contributed by atoms with Gasteiger partial charge in [-0.25, -0.2) is 0 Å². The summed E-state index contributed by atoms with van der Waals surface area (Å²) >= 11 is 0. The maximum absolute atomic E-state index is 6.52. The summed E-state index contributed by atoms with van der Waals surface area (Å²) in [5.74, 6) is 1.73. The second kappa shape index (κ2) is 3.61. The van der Waals surface area contributed by atoms with Gasteiger partial charge in [-0.1, -0.05) is 26.2 Å². The number of nitrogens with two attached hydrogens (primary N) is 1. The standard InChI is InChI=1S/C12H23N/c1-10-7-8-12(13,9-10)11-5-3-2-4-6-11/h10-11H,2-9,13H2,1H3. The van der Waals surface area contributed by atoms with E-state index in [-0.39, 0.29) is 5.54 Å². The Balaban J connectivity index is 1.97. The molecule has 0 spiro atoms. The Hall–Kier alpha value is -0.0400. The van der Waals surface area contributed by atoms with Gasteiger partial charge in [0.2, 0.25) is 0 Å². The van der Waals surface area contributed by atoms with Crippen LogP contribution in [0.25, 0.3) is 0 Å². The topological polar surface area (TPSA) is 26.0 Å². The molecule has 2 N–H and O–H groups in total. The predicted molar refractivity (Wildman–Crippen MR) is 56.5 cm³/mol. The first-order valence-electron chi connectivity index (χ1n) is 5.99. The molecule has 2 fully saturated rings. The van der Waals surface area contributed by atoms with Gasteiger partial charge in [0.1, 0.15) is 0 Å². The van der Waals surface area contributed by atoms with Crippen molar-refractivity contribution in [2.24, 2.45) is 17.6 Å². The average molecular weight is 181 g/mol. The molecule has 0 aromatic heterocycles. The van der Waals surface area contributed by atoms with Crippen LogP contribution >= 0.6 is 0 Å². The van der Waals surface area contributed by atoms with Crippen molar-refractivity contribution in [3.63, 3.8) is 0 Å². The van der Waals surface area contributed by atoms with Crippen LogP contribution in [-0.4, -0.2) is 5.54 Å². The lowest BCUT2D eigenvalue weighted by atomic mass is 9.74. The summed E-state index contributed by atoms with van der Waals surface area (Å²) in [5.41, 5.74) is 6.76. The van der Waals surface area contributed by atoms with Crippen LogP contribution < -0.4 is 5.73 Å². The van der Waals surface area contributed by atoms with Gasteiger partial charge in [-0.3, -0.25) is 0 Å². The molecule has 0 aromatic carbocycles. The molecular weight excluding hydrogens is 158 g/mol. The lowest BCUT2D eigenvalue weighted by Gasteiger charge is -2.37. The highest BCUT2D eigenvalue weighted by Crippen LogP contribution is 2.43. The molecule has 0 amide bonds. The molecule has 0 aromatic rings. The molecule has 0 saturated heterocycles. The van der Waals surface area contributed by atoms with Crippen molar-refractivity contribution in [2.75, 3.05) is 0 Å². The van der Waals surface area contributed by atoms with Crippen molar-refractivity contribution < 1.29 is 0 Å². The van der Waals surface area contributed by atoms with Crippen molar-refractivity contribution in [1.82, 2.24) is 0 Å². The molecule has 2 aliphatic rings. The molecule has 2 rings (SSSR count). The van der Waals surface area contributed by atoms with E-state index in [1.54, 1.807) is 0 Å². The SMILES string of the molecule is CC1CCC(N)(C2CCCCC2)C1. The van der Waals surface area contributed by atoms with Crippen LogP contribution in [0, 0.1) is 11.8 Å². The third kappa shape index (κ3) is 1.90. The van der Waals surface area contributed by atoms with Crippen molar-refractivity contribution in [3.05, 3.63) is 0 Å². The highest BCUT2D eigenvalue weighted by molar-refractivity contribution is 4.98. The summed E-state index contributed by atoms with van der Waals surface area (Å²) in [6, 6.07) is 0. The van der Waals surface area contributed by atoms with E-state index in [4.69, 9.17) is 5.73 Å². The first-order chi connectivity index (χ1) is 6.21. The highest BCUT2D eigenvalue weighted by Gasteiger charge is 2.40. The van der Waals surface area contributed by atoms with Gasteiger partial charge in [0.25, 0.3) is 0 Å². The summed E-state index contributed by atoms with van der Waals surface area (Å²) < 4.78 is 0. The van der Waals surface area contributed by atoms with E-state index in [2.05, 4.69) is 6.92 Å². The largest absolute Gasteiger partial charge is 0.325 e. The fraction of sp³-hybridized carbons (Fsp3) is 1.00. The third-order valence-corrected chi connectivity index (χ3v) is 4.25. The average Bonchev–Trinajstić information content (AvgIpc) is 2.49. The Bertz CT molecular complexity index is 172. The molecular formula is C12H23N. The summed E-state index contributed by atoms with van der Waals surface area (Å²) in [7, 11) is 0. The molecule has 2 saturated carbocycles. The van der Waals surface area contributed by atoms with Crippen molar-refractivity contribution in [1.29, 1.82) is 0 Å². The van der Waals surface area contributed by atoms with Crippen LogP contribution in [0.1, 0.15) is 58.3 Å². The van der Waals surface area contributed by atoms with E-state index in [0.29, 0.717) is 0 Å². The molecule has 13 heavy (non-hydrogen) atoms. The van der Waals surface area contributed by atoms with Gasteiger partial charge < -0.3 is 5.73 Å². The molecule has 1 nitrogen and oxygen atoms in total. The normalized spacial score (nSPS) is 42.5. The molecule has 0 radical (unpaired) electrons. The van der Waals surface area contributed by atoms with E-state index in [1.807, 2.05) is 0 Å². The molecule has 0 heterocycles. The summed E-state index contributed by atoms with van der Waals surface area (Å²) in [6.45, 7) is 2.36. The number of hydrogen-bond donors (Lipinski definition) is 1. The minimum absolute atomic E-state index is 0.236. The Labute approximate surface area is 82.1 Å². The van der Waals surface area contributed by atoms with Crippen molar-refractivity contribution in [3.8, 4) is 0 Å². The Morgan fingerprint density at radius 1 is 1.08 bits per heavy atom. The maximum atomic E-state index is 6.52. The minimum Gasteiger partial charge on any atom is -0.325 e. The fourth-order valence-corrected chi connectivity index (χ4v) is 3.42. The van der Waals surface area contributed by atoms with Gasteiger partial charge in [0.05, 0.1) is 0 Å². The zero-order chi connectivity index (χ0) is 9.31. The summed E-state index contributed by atoms with van der Waals surface area (Å²) in [6.07, 6.45) is 11.1. The van der Waals surface area contributed by atoms with Gasteiger partial charge in [-0.2, -0.15) is 0 Å². The summed E-state index contributed by atoms with van der Waals surface area (Å²) in [4.78, 5) is 0. The lowest BCUT2D eigenvalue weighted by Crippen LogP contribution is -2.45. The van der Waals surface area contributed by atoms with Crippen LogP contribution in [-0.2, 0) is 0 Å². The zero-order valence-electron chi connectivity index (χ0n) is 8.89. The van der Waals surface area contributed by atoms with Gasteiger partial charge in [-0.05, 0) is 43.9 Å². The van der Waals surface area contributed by atoms with Crippen LogP contribution in [0.4, 0.5) is 0 Å². The predicted octanol–water partition coefficient (Wildman–Crippen LogP) is 3.08. The van der Waals surface area contributed by atoms with Gasteiger partial charge >= 0.3 is 0 Å². The van der Waals surface area contributed by atoms with Crippen molar-refractivity contribution >= 4 is 0 Å². The Morgan fingerprint density at radius 3 is 2.31 bits per heavy atom. The Morgan fingerprint density at radius 2 is 1.77 bits per heavy atom. The van der Waals surface area contributed by atoms with E-state index in [0.717, 1.165) is 11.8 Å². The van der Waals surface area contributed by atoms with Crippen LogP contribution in [0.2, 0.25) is 0 Å². The third-order valence-electron chi connectivity index (χ3n) is 4.25. The second-order valence-corrected chi connectivity index (χ2v) is 5.42. The first kappa shape index (κ1) is 9.51. The van der Waals surface area contributed by atoms with Gasteiger partial charge in [0, 0.05) is 5.54 Å². The van der Waals surface area contributed by atoms with E-state index < -0.39 is 0 Å². The number of rotatable bonds is 1. The van der Waals surface area contributed by atoms with Crippen molar-refractivity contribution in [2.45, 2.75) is 63.8 Å². The van der Waals surface area contributed by atoms with E-state index >= 15 is 0 Å². The molecule has 1 heteroatoms. The zero-order valence-corrected chi connectivity index (χ0v) is 8.89. The minimum atomic E-state index is 0.236. The van der Waals surface area contributed by atoms with Gasteiger partial charge in [-0.15, -0.1) is 0 Å². The Kier molecular flexibility index (Phi) is 2.64. The molecule has 2 unspecified atom stereocenters. The molecule has 2 atom stereocenters. The van der Waals surface area contributed by atoms with Crippen LogP contribution in [0.5, 0.6) is 0 Å². The summed E-state index contributed by atoms with van der Waals surface area (Å²) in [5, 5.41) is 0. The van der Waals surface area contributed by atoms with Crippen LogP contribution in [0.3, 0.4) is 0 Å². The van der Waals surface area contributed by atoms with E-state index in [9.17, 15) is 0 Å². The highest BCUT2D eigenvalue weighted by atomic mass is 14.8. The fourth-order valence-electron chi connectivity index (χ4n) is 3.42. The quantitative estimate of drug-likeness (QED) is 0.661.